The highest BCUT2D eigenvalue weighted by molar-refractivity contribution is 7.89. The van der Waals surface area contributed by atoms with Gasteiger partial charge in [-0.3, -0.25) is 4.79 Å². The standard InChI is InChI=1S/C18H20N2O5S2/c1-11-2-7-15-12(8-11)9-16(26-15)18(22)25-10-17(21)20-13-3-5-14(6-4-13)27(19,23)24/h3-6,9,11H,2,7-8,10H2,1H3,(H,20,21)(H2,19,23,24). The minimum atomic E-state index is -3.79. The van der Waals surface area contributed by atoms with E-state index in [0.29, 0.717) is 16.5 Å². The van der Waals surface area contributed by atoms with Gasteiger partial charge in [-0.1, -0.05) is 6.92 Å². The molecule has 3 N–H and O–H groups in total. The molecule has 0 bridgehead atoms. The van der Waals surface area contributed by atoms with E-state index in [1.54, 1.807) is 0 Å². The molecule has 0 saturated heterocycles. The Morgan fingerprint density at radius 3 is 2.67 bits per heavy atom. The second-order valence-corrected chi connectivity index (χ2v) is 9.30. The van der Waals surface area contributed by atoms with E-state index in [9.17, 15) is 18.0 Å². The molecular weight excluding hydrogens is 388 g/mol. The van der Waals surface area contributed by atoms with E-state index < -0.39 is 28.5 Å². The Morgan fingerprint density at radius 1 is 1.30 bits per heavy atom. The Balaban J connectivity index is 1.54. The molecule has 1 aliphatic carbocycles. The molecule has 144 valence electrons. The summed E-state index contributed by atoms with van der Waals surface area (Å²) in [7, 11) is -3.79. The average Bonchev–Trinajstić information content (AvgIpc) is 3.02. The summed E-state index contributed by atoms with van der Waals surface area (Å²) in [6, 6.07) is 7.26. The molecule has 1 aromatic carbocycles. The molecule has 1 atom stereocenters. The quantitative estimate of drug-likeness (QED) is 0.737. The number of esters is 1. The van der Waals surface area contributed by atoms with E-state index in [1.165, 1.54) is 46.0 Å². The van der Waals surface area contributed by atoms with Gasteiger partial charge in [0.2, 0.25) is 10.0 Å². The molecule has 3 rings (SSSR count). The minimum absolute atomic E-state index is 0.0529. The number of thiophene rings is 1. The Kier molecular flexibility index (Phi) is 5.64. The molecule has 0 aliphatic heterocycles. The van der Waals surface area contributed by atoms with Crippen molar-refractivity contribution >= 4 is 38.9 Å². The van der Waals surface area contributed by atoms with Crippen LogP contribution in [0.25, 0.3) is 0 Å². The van der Waals surface area contributed by atoms with E-state index in [2.05, 4.69) is 12.2 Å². The molecule has 1 aromatic heterocycles. The number of hydrogen-bond acceptors (Lipinski definition) is 6. The van der Waals surface area contributed by atoms with Crippen molar-refractivity contribution in [1.82, 2.24) is 0 Å². The first-order chi connectivity index (χ1) is 12.7. The second kappa shape index (κ2) is 7.79. The normalized spacial score (nSPS) is 16.4. The van der Waals surface area contributed by atoms with E-state index in [4.69, 9.17) is 9.88 Å². The van der Waals surface area contributed by atoms with Gasteiger partial charge in [-0.05, 0) is 61.1 Å². The predicted molar refractivity (Wildman–Crippen MR) is 102 cm³/mol. The first-order valence-electron chi connectivity index (χ1n) is 8.44. The van der Waals surface area contributed by atoms with Crippen molar-refractivity contribution in [3.63, 3.8) is 0 Å². The average molecular weight is 409 g/mol. The molecule has 1 amide bonds. The monoisotopic (exact) mass is 408 g/mol. The Bertz CT molecular complexity index is 964. The van der Waals surface area contributed by atoms with E-state index in [0.717, 1.165) is 19.3 Å². The molecule has 1 unspecified atom stereocenters. The molecule has 0 spiro atoms. The molecule has 0 saturated carbocycles. The summed E-state index contributed by atoms with van der Waals surface area (Å²) in [6.07, 6.45) is 3.06. The van der Waals surface area contributed by atoms with Crippen LogP contribution in [0, 0.1) is 5.92 Å². The molecule has 0 fully saturated rings. The summed E-state index contributed by atoms with van der Waals surface area (Å²) < 4.78 is 27.5. The van der Waals surface area contributed by atoms with Gasteiger partial charge in [-0.15, -0.1) is 11.3 Å². The number of nitrogens with one attached hydrogen (secondary N) is 1. The zero-order valence-electron chi connectivity index (χ0n) is 14.7. The number of benzene rings is 1. The van der Waals surface area contributed by atoms with Gasteiger partial charge in [-0.2, -0.15) is 0 Å². The van der Waals surface area contributed by atoms with Gasteiger partial charge in [-0.25, -0.2) is 18.4 Å². The van der Waals surface area contributed by atoms with Crippen LogP contribution in [0.1, 0.15) is 33.5 Å². The number of nitrogens with two attached hydrogens (primary N) is 1. The highest BCUT2D eigenvalue weighted by Crippen LogP contribution is 2.32. The summed E-state index contributed by atoms with van der Waals surface area (Å²) in [5.74, 6) is -0.411. The molecule has 7 nitrogen and oxygen atoms in total. The van der Waals surface area contributed by atoms with Gasteiger partial charge >= 0.3 is 5.97 Å². The molecule has 9 heteroatoms. The smallest absolute Gasteiger partial charge is 0.348 e. The number of fused-ring (bicyclic) bond motifs is 1. The van der Waals surface area contributed by atoms with Crippen LogP contribution < -0.4 is 10.5 Å². The maximum absolute atomic E-state index is 12.2. The van der Waals surface area contributed by atoms with E-state index in [1.807, 2.05) is 6.07 Å². The third-order valence-corrected chi connectivity index (χ3v) is 6.48. The zero-order valence-corrected chi connectivity index (χ0v) is 16.4. The van der Waals surface area contributed by atoms with Crippen LogP contribution in [-0.4, -0.2) is 26.9 Å². The van der Waals surface area contributed by atoms with Crippen LogP contribution in [0.5, 0.6) is 0 Å². The van der Waals surface area contributed by atoms with E-state index in [-0.39, 0.29) is 4.90 Å². The van der Waals surface area contributed by atoms with Crippen molar-refractivity contribution in [2.24, 2.45) is 11.1 Å². The number of aryl methyl sites for hydroxylation is 1. The molecule has 1 heterocycles. The lowest BCUT2D eigenvalue weighted by molar-refractivity contribution is -0.119. The largest absolute Gasteiger partial charge is 0.451 e. The van der Waals surface area contributed by atoms with Crippen molar-refractivity contribution < 1.29 is 22.7 Å². The van der Waals surface area contributed by atoms with Crippen molar-refractivity contribution in [1.29, 1.82) is 0 Å². The SMILES string of the molecule is CC1CCc2sc(C(=O)OCC(=O)Nc3ccc(S(N)(=O)=O)cc3)cc2C1. The fraction of sp³-hybridized carbons (Fsp3) is 0.333. The topological polar surface area (TPSA) is 116 Å². The third kappa shape index (κ3) is 4.94. The highest BCUT2D eigenvalue weighted by Gasteiger charge is 2.21. The molecule has 1 aliphatic rings. The molecule has 2 aromatic rings. The fourth-order valence-electron chi connectivity index (χ4n) is 2.93. The summed E-state index contributed by atoms with van der Waals surface area (Å²) in [5.41, 5.74) is 1.58. The van der Waals surface area contributed by atoms with Crippen LogP contribution >= 0.6 is 11.3 Å². The van der Waals surface area contributed by atoms with Crippen LogP contribution in [0.15, 0.2) is 35.2 Å². The summed E-state index contributed by atoms with van der Waals surface area (Å²) in [5, 5.41) is 7.55. The first kappa shape index (κ1) is 19.5. The van der Waals surface area contributed by atoms with Gasteiger partial charge in [0.05, 0.1) is 4.90 Å². The Labute approximate surface area is 161 Å². The maximum Gasteiger partial charge on any atom is 0.348 e. The number of carbonyl (C=O) groups is 2. The number of amides is 1. The summed E-state index contributed by atoms with van der Waals surface area (Å²) in [4.78, 5) is 25.8. The zero-order chi connectivity index (χ0) is 19.6. The van der Waals surface area contributed by atoms with Crippen LogP contribution in [-0.2, 0) is 32.4 Å². The number of sulfonamides is 1. The number of hydrogen-bond donors (Lipinski definition) is 2. The number of rotatable bonds is 5. The van der Waals surface area contributed by atoms with Gasteiger partial charge in [0.15, 0.2) is 6.61 Å². The first-order valence-corrected chi connectivity index (χ1v) is 10.8. The van der Waals surface area contributed by atoms with Gasteiger partial charge in [0, 0.05) is 10.6 Å². The number of carbonyl (C=O) groups excluding carboxylic acids is 2. The Morgan fingerprint density at radius 2 is 2.00 bits per heavy atom. The van der Waals surface area contributed by atoms with Crippen LogP contribution in [0.2, 0.25) is 0 Å². The lowest BCUT2D eigenvalue weighted by atomic mass is 9.90. The maximum atomic E-state index is 12.2. The third-order valence-electron chi connectivity index (χ3n) is 4.33. The Hall–Kier alpha value is -2.23. The molecule has 0 radical (unpaired) electrons. The van der Waals surface area contributed by atoms with Gasteiger partial charge in [0.1, 0.15) is 4.88 Å². The van der Waals surface area contributed by atoms with Crippen molar-refractivity contribution in [2.75, 3.05) is 11.9 Å². The molecular formula is C18H20N2O5S2. The van der Waals surface area contributed by atoms with Gasteiger partial charge < -0.3 is 10.1 Å². The van der Waals surface area contributed by atoms with Crippen LogP contribution in [0.3, 0.4) is 0 Å². The van der Waals surface area contributed by atoms with Crippen molar-refractivity contribution in [3.8, 4) is 0 Å². The second-order valence-electron chi connectivity index (χ2n) is 6.60. The lowest BCUT2D eigenvalue weighted by Gasteiger charge is -2.16. The lowest BCUT2D eigenvalue weighted by Crippen LogP contribution is -2.20. The predicted octanol–water partition coefficient (Wildman–Crippen LogP) is 2.32. The minimum Gasteiger partial charge on any atom is -0.451 e. The number of primary sulfonamides is 1. The van der Waals surface area contributed by atoms with Crippen molar-refractivity contribution in [3.05, 3.63) is 45.6 Å². The highest BCUT2D eigenvalue weighted by atomic mass is 32.2. The van der Waals surface area contributed by atoms with E-state index >= 15 is 0 Å². The summed E-state index contributed by atoms with van der Waals surface area (Å²) >= 11 is 1.43. The molecule has 27 heavy (non-hydrogen) atoms. The van der Waals surface area contributed by atoms with Gasteiger partial charge in [0.25, 0.3) is 5.91 Å². The summed E-state index contributed by atoms with van der Waals surface area (Å²) in [6.45, 7) is 1.77. The van der Waals surface area contributed by atoms with Crippen molar-refractivity contribution in [2.45, 2.75) is 31.1 Å². The van der Waals surface area contributed by atoms with Crippen LogP contribution in [0.4, 0.5) is 5.69 Å². The number of ether oxygens (including phenoxy) is 1. The fourth-order valence-corrected chi connectivity index (χ4v) is 4.55. The number of anilines is 1.